The Bertz CT molecular complexity index is 3070. The maximum atomic E-state index is 16.6. The summed E-state index contributed by atoms with van der Waals surface area (Å²) in [6.07, 6.45) is 5.78. The molecule has 76 heavy (non-hydrogen) atoms. The van der Waals surface area contributed by atoms with Crippen LogP contribution in [0.25, 0.3) is 22.0 Å². The molecule has 404 valence electrons. The Labute approximate surface area is 443 Å². The van der Waals surface area contributed by atoms with Crippen LogP contribution >= 0.6 is 11.6 Å². The summed E-state index contributed by atoms with van der Waals surface area (Å²) in [6, 6.07) is 13.4. The molecule has 5 aliphatic rings. The van der Waals surface area contributed by atoms with Gasteiger partial charge in [0.25, 0.3) is 0 Å². The van der Waals surface area contributed by atoms with Crippen molar-refractivity contribution in [2.24, 2.45) is 24.6 Å². The van der Waals surface area contributed by atoms with Crippen molar-refractivity contribution in [2.45, 2.75) is 101 Å². The molecule has 5 heterocycles. The third-order valence-electron chi connectivity index (χ3n) is 16.8. The number of carbonyl (C=O) groups excluding carboxylic acids is 4. The lowest BCUT2D eigenvalue weighted by Crippen LogP contribution is -2.55. The number of aryl methyl sites for hydroxylation is 1. The number of carbonyl (C=O) groups is 4. The van der Waals surface area contributed by atoms with Gasteiger partial charge in [-0.05, 0) is 107 Å². The lowest BCUT2D eigenvalue weighted by atomic mass is 9.73. The summed E-state index contributed by atoms with van der Waals surface area (Å²) in [6.45, 7) is 6.88. The van der Waals surface area contributed by atoms with Crippen molar-refractivity contribution in [3.8, 4) is 22.6 Å². The van der Waals surface area contributed by atoms with Gasteiger partial charge >= 0.3 is 6.03 Å². The van der Waals surface area contributed by atoms with Crippen LogP contribution in [0.5, 0.6) is 11.5 Å². The molecule has 0 unspecified atom stereocenters. The highest BCUT2D eigenvalue weighted by Crippen LogP contribution is 2.58. The third-order valence-corrected chi connectivity index (χ3v) is 17.1. The summed E-state index contributed by atoms with van der Waals surface area (Å²) in [4.78, 5) is 56.8. The van der Waals surface area contributed by atoms with Gasteiger partial charge in [-0.25, -0.2) is 22.4 Å². The number of anilines is 1. The molecule has 1 aliphatic carbocycles. The topological polar surface area (TPSA) is 185 Å². The van der Waals surface area contributed by atoms with E-state index in [0.29, 0.717) is 63.3 Å². The summed E-state index contributed by atoms with van der Waals surface area (Å²) >= 11 is 6.75. The first-order valence-corrected chi connectivity index (χ1v) is 26.7. The minimum atomic E-state index is -1.17. The van der Waals surface area contributed by atoms with Gasteiger partial charge in [-0.3, -0.25) is 29.3 Å². The van der Waals surface area contributed by atoms with Gasteiger partial charge < -0.3 is 35.4 Å². The summed E-state index contributed by atoms with van der Waals surface area (Å²) in [5, 5.41) is 19.6. The molecule has 0 radical (unpaired) electrons. The lowest BCUT2D eigenvalue weighted by molar-refractivity contribution is -0.138. The number of ether oxygens (including phenoxy) is 2. The van der Waals surface area contributed by atoms with E-state index < -0.39 is 70.3 Å². The smallest absolute Gasteiger partial charge is 0.329 e. The fraction of sp³-hybridized carbons (Fsp3) is 0.482. The average molecular weight is 1070 g/mol. The molecule has 3 saturated heterocycles. The van der Waals surface area contributed by atoms with E-state index in [2.05, 4.69) is 20.6 Å². The van der Waals surface area contributed by atoms with E-state index in [1.807, 2.05) is 49.1 Å². The number of aliphatic hydroxyl groups is 1. The van der Waals surface area contributed by atoms with Crippen LogP contribution in [-0.4, -0.2) is 113 Å². The largest absolute Gasteiger partial charge is 0.488 e. The van der Waals surface area contributed by atoms with E-state index >= 15 is 17.6 Å². The molecule has 4 aliphatic heterocycles. The van der Waals surface area contributed by atoms with Gasteiger partial charge in [0.1, 0.15) is 29.5 Å². The molecule has 0 spiro atoms. The zero-order valence-corrected chi connectivity index (χ0v) is 43.5. The summed E-state index contributed by atoms with van der Waals surface area (Å²) < 4.78 is 78.3. The Kier molecular flexibility index (Phi) is 15.1. The standard InChI is InChI=1S/C56H63ClF4N8O7/c1-30-44-42(28-40(59)48(57)47(44)46-37(52(62)72)13-14-41(49(46)60)75-26-25-70)76-56(30,35-7-5-4-6-8-35)31(2)63-36-11-9-34(10-12-36)54(73)68-22-15-32(16-23-68)29-67-20-17-33(18-21-67)45-39(58)27-38-51(50(45)61)66(3)65-53(38)69-24-19-43(71)64-55(69)74/h4-8,13-14,27-28,30-34,36,63,70H,9-12,15-26,29H2,1-3H3,(H2,62,72)(H,64,71,74)/t30-,31-,34?,36?,56+/m0/s1. The van der Waals surface area contributed by atoms with Crippen molar-refractivity contribution in [1.82, 2.24) is 30.2 Å². The molecule has 10 rings (SSSR count). The third kappa shape index (κ3) is 9.65. The van der Waals surface area contributed by atoms with Crippen LogP contribution in [0, 0.1) is 35.1 Å². The number of amides is 5. The van der Waals surface area contributed by atoms with E-state index in [1.54, 1.807) is 7.05 Å². The van der Waals surface area contributed by atoms with Crippen molar-refractivity contribution in [1.29, 1.82) is 0 Å². The summed E-state index contributed by atoms with van der Waals surface area (Å²) in [5.74, 6) is -5.12. The number of primary amides is 1. The first kappa shape index (κ1) is 53.1. The van der Waals surface area contributed by atoms with Crippen LogP contribution in [0.1, 0.15) is 111 Å². The average Bonchev–Trinajstić information content (AvgIpc) is 3.96. The predicted octanol–water partition coefficient (Wildman–Crippen LogP) is 8.41. The number of imide groups is 1. The second kappa shape index (κ2) is 21.6. The number of hydrogen-bond acceptors (Lipinski definition) is 10. The number of nitrogens with two attached hydrogens (primary N) is 1. The van der Waals surface area contributed by atoms with Crippen LogP contribution in [0.2, 0.25) is 5.02 Å². The highest BCUT2D eigenvalue weighted by molar-refractivity contribution is 6.34. The second-order valence-corrected chi connectivity index (χ2v) is 21.5. The highest BCUT2D eigenvalue weighted by atomic mass is 35.5. The molecule has 1 aromatic heterocycles. The van der Waals surface area contributed by atoms with E-state index in [1.165, 1.54) is 33.8 Å². The molecule has 0 bridgehead atoms. The zero-order chi connectivity index (χ0) is 53.7. The molecule has 1 saturated carbocycles. The molecule has 5 N–H and O–H groups in total. The molecule has 5 amide bonds. The van der Waals surface area contributed by atoms with Crippen molar-refractivity contribution in [3.05, 3.63) is 105 Å². The van der Waals surface area contributed by atoms with Crippen LogP contribution in [0.4, 0.5) is 28.2 Å². The number of fused-ring (bicyclic) bond motifs is 2. The first-order valence-electron chi connectivity index (χ1n) is 26.4. The number of aromatic nitrogens is 2. The maximum Gasteiger partial charge on any atom is 0.329 e. The van der Waals surface area contributed by atoms with Gasteiger partial charge in [-0.15, -0.1) is 0 Å². The number of nitrogens with zero attached hydrogens (tertiary/aromatic N) is 5. The van der Waals surface area contributed by atoms with E-state index in [-0.39, 0.29) is 93.8 Å². The molecule has 4 fully saturated rings. The number of hydrogen-bond donors (Lipinski definition) is 4. The van der Waals surface area contributed by atoms with Crippen molar-refractivity contribution >= 4 is 52.1 Å². The number of piperidine rings is 2. The number of halogens is 5. The number of aliphatic hydroxyl groups excluding tert-OH is 1. The van der Waals surface area contributed by atoms with Gasteiger partial charge in [0, 0.05) is 91.9 Å². The molecule has 3 atom stereocenters. The number of rotatable bonds is 14. The fourth-order valence-electron chi connectivity index (χ4n) is 12.9. The predicted molar refractivity (Wildman–Crippen MR) is 277 cm³/mol. The van der Waals surface area contributed by atoms with Gasteiger partial charge in [-0.1, -0.05) is 48.9 Å². The monoisotopic (exact) mass is 1070 g/mol. The maximum absolute atomic E-state index is 16.6. The van der Waals surface area contributed by atoms with Crippen molar-refractivity contribution in [2.75, 3.05) is 57.4 Å². The minimum Gasteiger partial charge on any atom is -0.488 e. The minimum absolute atomic E-state index is 0.00941. The lowest BCUT2D eigenvalue weighted by Gasteiger charge is -2.43. The SMILES string of the molecule is C[C@H](NC1CCC(C(=O)N2CCC(CN3CCC(c4c(F)cc5c(N6CCC(=O)NC6=O)nn(C)c5c4F)CC3)CC2)CC1)[C@]1(c2ccccc2)Oc2cc(F)c(Cl)c(-c3c(C(N)=O)ccc(OCCO)c3F)c2[C@@H]1C. The molecule has 5 aromatic rings. The molecule has 15 nitrogen and oxygen atoms in total. The van der Waals surface area contributed by atoms with Crippen molar-refractivity contribution in [3.63, 3.8) is 0 Å². The van der Waals surface area contributed by atoms with Gasteiger partial charge in [0.15, 0.2) is 28.8 Å². The quantitative estimate of drug-likeness (QED) is 0.0788. The van der Waals surface area contributed by atoms with Gasteiger partial charge in [0.2, 0.25) is 17.7 Å². The van der Waals surface area contributed by atoms with E-state index in [9.17, 15) is 24.3 Å². The Hall–Kier alpha value is -6.28. The Balaban J connectivity index is 0.751. The normalized spacial score (nSPS) is 23.1. The summed E-state index contributed by atoms with van der Waals surface area (Å²) in [5.41, 5.74) is 5.29. The van der Waals surface area contributed by atoms with Crippen LogP contribution in [0.15, 0.2) is 54.6 Å². The van der Waals surface area contributed by atoms with Crippen LogP contribution in [-0.2, 0) is 22.2 Å². The van der Waals surface area contributed by atoms with E-state index in [0.717, 1.165) is 37.8 Å². The second-order valence-electron chi connectivity index (χ2n) is 21.1. The fourth-order valence-corrected chi connectivity index (χ4v) is 13.2. The number of nitrogens with one attached hydrogen (secondary N) is 2. The Morgan fingerprint density at radius 2 is 1.63 bits per heavy atom. The molecule has 20 heteroatoms. The highest BCUT2D eigenvalue weighted by Gasteiger charge is 2.54. The number of urea groups is 1. The molecular weight excluding hydrogens is 1010 g/mol. The molecular formula is C56H63ClF4N8O7. The summed E-state index contributed by atoms with van der Waals surface area (Å²) in [7, 11) is 1.56. The zero-order valence-electron chi connectivity index (χ0n) is 42.8. The number of benzene rings is 4. The van der Waals surface area contributed by atoms with Gasteiger partial charge in [-0.2, -0.15) is 5.10 Å². The van der Waals surface area contributed by atoms with Crippen LogP contribution < -0.4 is 30.7 Å². The van der Waals surface area contributed by atoms with Crippen LogP contribution in [0.3, 0.4) is 0 Å². The first-order chi connectivity index (χ1) is 36.5. The van der Waals surface area contributed by atoms with Crippen molar-refractivity contribution < 1.29 is 51.3 Å². The van der Waals surface area contributed by atoms with Gasteiger partial charge in [0.05, 0.1) is 22.6 Å². The number of likely N-dealkylation sites (tertiary alicyclic amines) is 2. The Morgan fingerprint density at radius 3 is 2.30 bits per heavy atom. The Morgan fingerprint density at radius 1 is 0.921 bits per heavy atom. The van der Waals surface area contributed by atoms with E-state index in [4.69, 9.17) is 26.8 Å². The molecule has 4 aromatic carbocycles.